The standard InChI is InChI=1S/C17H19NO5/c1-3-8-22-13-5-4-12(11(2)9-13)10-18-16(19)14-6-7-15(23-14)17(20)21/h4-7,9H,3,8,10H2,1-2H3,(H,18,19)(H,20,21). The van der Waals surface area contributed by atoms with Gasteiger partial charge in [-0.05, 0) is 48.7 Å². The normalized spacial score (nSPS) is 10.3. The molecule has 1 aromatic carbocycles. The lowest BCUT2D eigenvalue weighted by Crippen LogP contribution is -2.22. The van der Waals surface area contributed by atoms with Gasteiger partial charge in [0.1, 0.15) is 5.75 Å². The van der Waals surface area contributed by atoms with Gasteiger partial charge in [-0.2, -0.15) is 0 Å². The van der Waals surface area contributed by atoms with Crippen LogP contribution in [0.1, 0.15) is 45.6 Å². The number of hydrogen-bond acceptors (Lipinski definition) is 4. The fraction of sp³-hybridized carbons (Fsp3) is 0.294. The highest BCUT2D eigenvalue weighted by Crippen LogP contribution is 2.17. The summed E-state index contributed by atoms with van der Waals surface area (Å²) in [5, 5.41) is 11.5. The van der Waals surface area contributed by atoms with E-state index in [1.807, 2.05) is 32.0 Å². The number of carboxylic acids is 1. The molecular formula is C17H19NO5. The van der Waals surface area contributed by atoms with Gasteiger partial charge in [0, 0.05) is 6.54 Å². The molecule has 0 spiro atoms. The van der Waals surface area contributed by atoms with Gasteiger partial charge in [-0.1, -0.05) is 13.0 Å². The Balaban J connectivity index is 1.96. The molecular weight excluding hydrogens is 298 g/mol. The maximum absolute atomic E-state index is 12.0. The molecule has 0 radical (unpaired) electrons. The van der Waals surface area contributed by atoms with Crippen molar-refractivity contribution in [1.82, 2.24) is 5.32 Å². The van der Waals surface area contributed by atoms with Crippen LogP contribution in [-0.4, -0.2) is 23.6 Å². The van der Waals surface area contributed by atoms with Crippen LogP contribution in [0.2, 0.25) is 0 Å². The minimum Gasteiger partial charge on any atom is -0.494 e. The second kappa shape index (κ2) is 7.49. The molecule has 0 bridgehead atoms. The lowest BCUT2D eigenvalue weighted by Gasteiger charge is -2.10. The Morgan fingerprint density at radius 3 is 2.57 bits per heavy atom. The van der Waals surface area contributed by atoms with Crippen LogP contribution in [0.5, 0.6) is 5.75 Å². The van der Waals surface area contributed by atoms with Gasteiger partial charge in [-0.15, -0.1) is 0 Å². The lowest BCUT2D eigenvalue weighted by molar-refractivity contribution is 0.0659. The number of nitrogens with one attached hydrogen (secondary N) is 1. The van der Waals surface area contributed by atoms with Crippen molar-refractivity contribution in [2.45, 2.75) is 26.8 Å². The van der Waals surface area contributed by atoms with E-state index in [0.29, 0.717) is 13.2 Å². The largest absolute Gasteiger partial charge is 0.494 e. The van der Waals surface area contributed by atoms with Crippen molar-refractivity contribution >= 4 is 11.9 Å². The monoisotopic (exact) mass is 317 g/mol. The Labute approximate surface area is 134 Å². The summed E-state index contributed by atoms with van der Waals surface area (Å²) in [6.45, 7) is 4.97. The summed E-state index contributed by atoms with van der Waals surface area (Å²) in [5.41, 5.74) is 1.96. The summed E-state index contributed by atoms with van der Waals surface area (Å²) in [6.07, 6.45) is 0.943. The summed E-state index contributed by atoms with van der Waals surface area (Å²) in [5.74, 6) is -1.14. The molecule has 0 aliphatic rings. The minimum atomic E-state index is -1.21. The molecule has 1 aromatic heterocycles. The van der Waals surface area contributed by atoms with Gasteiger partial charge in [0.15, 0.2) is 5.76 Å². The van der Waals surface area contributed by atoms with Crippen LogP contribution in [0, 0.1) is 6.92 Å². The molecule has 0 aliphatic heterocycles. The topological polar surface area (TPSA) is 88.8 Å². The Hall–Kier alpha value is -2.76. The molecule has 1 heterocycles. The number of aryl methyl sites for hydroxylation is 1. The number of carbonyl (C=O) groups excluding carboxylic acids is 1. The summed E-state index contributed by atoms with van der Waals surface area (Å²) in [6, 6.07) is 8.27. The second-order valence-electron chi connectivity index (χ2n) is 5.09. The van der Waals surface area contributed by atoms with Gasteiger partial charge in [-0.25, -0.2) is 4.79 Å². The van der Waals surface area contributed by atoms with Gasteiger partial charge in [0.2, 0.25) is 5.76 Å². The zero-order valence-corrected chi connectivity index (χ0v) is 13.1. The fourth-order valence-electron chi connectivity index (χ4n) is 2.01. The van der Waals surface area contributed by atoms with E-state index in [2.05, 4.69) is 5.32 Å². The summed E-state index contributed by atoms with van der Waals surface area (Å²) >= 11 is 0. The van der Waals surface area contributed by atoms with Gasteiger partial charge in [-0.3, -0.25) is 4.79 Å². The number of carbonyl (C=O) groups is 2. The Kier molecular flexibility index (Phi) is 5.41. The van der Waals surface area contributed by atoms with Gasteiger partial charge in [0.25, 0.3) is 5.91 Å². The van der Waals surface area contributed by atoms with Crippen LogP contribution in [0.3, 0.4) is 0 Å². The highest BCUT2D eigenvalue weighted by Gasteiger charge is 2.14. The van der Waals surface area contributed by atoms with E-state index in [1.165, 1.54) is 12.1 Å². The molecule has 0 atom stereocenters. The molecule has 0 aliphatic carbocycles. The molecule has 2 N–H and O–H groups in total. The van der Waals surface area contributed by atoms with Crippen molar-refractivity contribution in [1.29, 1.82) is 0 Å². The first kappa shape index (κ1) is 16.6. The van der Waals surface area contributed by atoms with Crippen LogP contribution in [0.25, 0.3) is 0 Å². The fourth-order valence-corrected chi connectivity index (χ4v) is 2.01. The average Bonchev–Trinajstić information content (AvgIpc) is 3.02. The maximum atomic E-state index is 12.0. The van der Waals surface area contributed by atoms with Gasteiger partial charge >= 0.3 is 5.97 Å². The first-order valence-electron chi connectivity index (χ1n) is 7.35. The zero-order valence-electron chi connectivity index (χ0n) is 13.1. The van der Waals surface area contributed by atoms with E-state index >= 15 is 0 Å². The van der Waals surface area contributed by atoms with Crippen LogP contribution < -0.4 is 10.1 Å². The van der Waals surface area contributed by atoms with E-state index in [1.54, 1.807) is 0 Å². The Morgan fingerprint density at radius 1 is 1.22 bits per heavy atom. The predicted molar refractivity (Wildman–Crippen MR) is 83.8 cm³/mol. The zero-order chi connectivity index (χ0) is 16.8. The Bertz CT molecular complexity index is 705. The Morgan fingerprint density at radius 2 is 1.96 bits per heavy atom. The first-order valence-corrected chi connectivity index (χ1v) is 7.35. The molecule has 0 saturated carbocycles. The van der Waals surface area contributed by atoms with Crippen LogP contribution >= 0.6 is 0 Å². The van der Waals surface area contributed by atoms with Crippen molar-refractivity contribution < 1.29 is 23.8 Å². The number of benzene rings is 1. The molecule has 122 valence electrons. The number of ether oxygens (including phenoxy) is 1. The van der Waals surface area contributed by atoms with Gasteiger partial charge < -0.3 is 19.6 Å². The van der Waals surface area contributed by atoms with Crippen molar-refractivity contribution in [2.24, 2.45) is 0 Å². The third kappa shape index (κ3) is 4.35. The number of hydrogen-bond donors (Lipinski definition) is 2. The van der Waals surface area contributed by atoms with Crippen molar-refractivity contribution in [3.63, 3.8) is 0 Å². The minimum absolute atomic E-state index is 0.0250. The van der Waals surface area contributed by atoms with E-state index in [9.17, 15) is 9.59 Å². The molecule has 0 fully saturated rings. The average molecular weight is 317 g/mol. The van der Waals surface area contributed by atoms with E-state index in [4.69, 9.17) is 14.3 Å². The number of carboxylic acid groups (broad SMARTS) is 1. The molecule has 0 unspecified atom stereocenters. The molecule has 1 amide bonds. The van der Waals surface area contributed by atoms with Crippen LogP contribution in [-0.2, 0) is 6.54 Å². The third-order valence-corrected chi connectivity index (χ3v) is 3.27. The number of amides is 1. The predicted octanol–water partition coefficient (Wildman–Crippen LogP) is 3.01. The molecule has 6 nitrogen and oxygen atoms in total. The summed E-state index contributed by atoms with van der Waals surface area (Å²) in [7, 11) is 0. The van der Waals surface area contributed by atoms with Crippen molar-refractivity contribution in [3.8, 4) is 5.75 Å². The SMILES string of the molecule is CCCOc1ccc(CNC(=O)c2ccc(C(=O)O)o2)c(C)c1. The molecule has 2 rings (SSSR count). The number of rotatable bonds is 7. The highest BCUT2D eigenvalue weighted by atomic mass is 16.5. The van der Waals surface area contributed by atoms with E-state index in [-0.39, 0.29) is 11.5 Å². The highest BCUT2D eigenvalue weighted by molar-refractivity contribution is 5.93. The van der Waals surface area contributed by atoms with Gasteiger partial charge in [0.05, 0.1) is 6.61 Å². The van der Waals surface area contributed by atoms with Crippen LogP contribution in [0.15, 0.2) is 34.7 Å². The summed E-state index contributed by atoms with van der Waals surface area (Å²) < 4.78 is 10.5. The molecule has 0 saturated heterocycles. The molecule has 6 heteroatoms. The van der Waals surface area contributed by atoms with Crippen molar-refractivity contribution in [2.75, 3.05) is 6.61 Å². The number of aromatic carboxylic acids is 1. The quantitative estimate of drug-likeness (QED) is 0.819. The molecule has 23 heavy (non-hydrogen) atoms. The summed E-state index contributed by atoms with van der Waals surface area (Å²) in [4.78, 5) is 22.7. The van der Waals surface area contributed by atoms with Crippen LogP contribution in [0.4, 0.5) is 0 Å². The van der Waals surface area contributed by atoms with E-state index < -0.39 is 11.9 Å². The first-order chi connectivity index (χ1) is 11.0. The maximum Gasteiger partial charge on any atom is 0.371 e. The lowest BCUT2D eigenvalue weighted by atomic mass is 10.1. The third-order valence-electron chi connectivity index (χ3n) is 3.27. The smallest absolute Gasteiger partial charge is 0.371 e. The molecule has 2 aromatic rings. The van der Waals surface area contributed by atoms with Crippen molar-refractivity contribution in [3.05, 3.63) is 53.0 Å². The number of furan rings is 1. The second-order valence-corrected chi connectivity index (χ2v) is 5.09. The van der Waals surface area contributed by atoms with E-state index in [0.717, 1.165) is 23.3 Å².